The number of ether oxygens (including phenoxy) is 3. The van der Waals surface area contributed by atoms with Crippen molar-refractivity contribution in [3.05, 3.63) is 54.1 Å². The van der Waals surface area contributed by atoms with Gasteiger partial charge in [0.2, 0.25) is 0 Å². The molecule has 0 aliphatic rings. The summed E-state index contributed by atoms with van der Waals surface area (Å²) < 4.78 is 27.9. The van der Waals surface area contributed by atoms with Crippen LogP contribution < -0.4 is 14.2 Å². The van der Waals surface area contributed by atoms with Crippen LogP contribution in [0.1, 0.15) is 5.56 Å². The van der Waals surface area contributed by atoms with Crippen molar-refractivity contribution in [1.29, 1.82) is 0 Å². The predicted molar refractivity (Wildman–Crippen MR) is 75.2 cm³/mol. The summed E-state index contributed by atoms with van der Waals surface area (Å²) >= 11 is 0. The van der Waals surface area contributed by atoms with Gasteiger partial charge in [-0.15, -0.1) is 0 Å². The highest BCUT2D eigenvalue weighted by atomic mass is 19.1. The molecule has 0 saturated heterocycles. The van der Waals surface area contributed by atoms with Gasteiger partial charge in [0.05, 0.1) is 7.11 Å². The van der Waals surface area contributed by atoms with Crippen LogP contribution in [-0.4, -0.2) is 20.4 Å². The molecule has 0 heterocycles. The van der Waals surface area contributed by atoms with Gasteiger partial charge in [-0.3, -0.25) is 0 Å². The molecule has 3 nitrogen and oxygen atoms in total. The molecular weight excluding hydrogens is 259 g/mol. The zero-order valence-electron chi connectivity index (χ0n) is 11.3. The van der Waals surface area contributed by atoms with Gasteiger partial charge in [0, 0.05) is 0 Å². The summed E-state index contributed by atoms with van der Waals surface area (Å²) in [5, 5.41) is 0. The first-order valence-electron chi connectivity index (χ1n) is 6.36. The van der Waals surface area contributed by atoms with Crippen LogP contribution in [-0.2, 0) is 6.61 Å². The zero-order valence-corrected chi connectivity index (χ0v) is 11.3. The molecule has 0 atom stereocenters. The molecule has 2 aromatic rings. The van der Waals surface area contributed by atoms with Crippen molar-refractivity contribution in [3.8, 4) is 17.2 Å². The van der Waals surface area contributed by atoms with E-state index in [0.717, 1.165) is 17.1 Å². The van der Waals surface area contributed by atoms with Crippen LogP contribution in [0.2, 0.25) is 0 Å². The normalized spacial score (nSPS) is 10.1. The number of alkyl halides is 1. The summed E-state index contributed by atoms with van der Waals surface area (Å²) in [5.41, 5.74) is 1.02. The fraction of sp³-hybridized carbons (Fsp3) is 0.250. The first-order chi connectivity index (χ1) is 9.81. The second kappa shape index (κ2) is 7.38. The lowest BCUT2D eigenvalue weighted by Gasteiger charge is -2.08. The summed E-state index contributed by atoms with van der Waals surface area (Å²) in [7, 11) is 1.63. The van der Waals surface area contributed by atoms with Gasteiger partial charge < -0.3 is 14.2 Å². The molecule has 20 heavy (non-hydrogen) atoms. The maximum atomic E-state index is 12.0. The van der Waals surface area contributed by atoms with Crippen LogP contribution in [0.25, 0.3) is 0 Å². The van der Waals surface area contributed by atoms with Crippen molar-refractivity contribution < 1.29 is 18.6 Å². The van der Waals surface area contributed by atoms with Gasteiger partial charge in [0.15, 0.2) is 0 Å². The third-order valence-electron chi connectivity index (χ3n) is 2.73. The Hall–Kier alpha value is -2.23. The van der Waals surface area contributed by atoms with Gasteiger partial charge in [-0.1, -0.05) is 12.1 Å². The number of methoxy groups -OCH3 is 1. The highest BCUT2D eigenvalue weighted by molar-refractivity contribution is 5.32. The fourth-order valence-electron chi connectivity index (χ4n) is 1.68. The lowest BCUT2D eigenvalue weighted by molar-refractivity contribution is 0.272. The Morgan fingerprint density at radius 2 is 1.35 bits per heavy atom. The maximum Gasteiger partial charge on any atom is 0.123 e. The summed E-state index contributed by atoms with van der Waals surface area (Å²) in [5.74, 6) is 2.24. The highest BCUT2D eigenvalue weighted by Crippen LogP contribution is 2.19. The van der Waals surface area contributed by atoms with Crippen LogP contribution in [0.3, 0.4) is 0 Å². The quantitative estimate of drug-likeness (QED) is 0.773. The number of halogens is 1. The average Bonchev–Trinajstić information content (AvgIpc) is 2.52. The Balaban J connectivity index is 1.86. The molecule has 0 aliphatic carbocycles. The van der Waals surface area contributed by atoms with E-state index in [2.05, 4.69) is 0 Å². The summed E-state index contributed by atoms with van der Waals surface area (Å²) in [4.78, 5) is 0. The van der Waals surface area contributed by atoms with Gasteiger partial charge in [-0.2, -0.15) is 0 Å². The molecule has 0 bridgehead atoms. The molecule has 0 N–H and O–H groups in total. The van der Waals surface area contributed by atoms with E-state index >= 15 is 0 Å². The van der Waals surface area contributed by atoms with Crippen molar-refractivity contribution in [2.24, 2.45) is 0 Å². The van der Waals surface area contributed by atoms with E-state index in [4.69, 9.17) is 14.2 Å². The number of hydrogen-bond donors (Lipinski definition) is 0. The van der Waals surface area contributed by atoms with Crippen molar-refractivity contribution in [2.45, 2.75) is 6.61 Å². The monoisotopic (exact) mass is 276 g/mol. The van der Waals surface area contributed by atoms with Crippen molar-refractivity contribution in [3.63, 3.8) is 0 Å². The molecule has 0 spiro atoms. The van der Waals surface area contributed by atoms with Gasteiger partial charge in [0.1, 0.15) is 37.1 Å². The van der Waals surface area contributed by atoms with Crippen LogP contribution >= 0.6 is 0 Å². The average molecular weight is 276 g/mol. The van der Waals surface area contributed by atoms with Crippen molar-refractivity contribution in [2.75, 3.05) is 20.4 Å². The molecule has 0 fully saturated rings. The Labute approximate surface area is 117 Å². The third-order valence-corrected chi connectivity index (χ3v) is 2.73. The number of rotatable bonds is 7. The second-order valence-electron chi connectivity index (χ2n) is 4.15. The number of hydrogen-bond acceptors (Lipinski definition) is 3. The molecule has 0 aliphatic heterocycles. The number of benzene rings is 2. The van der Waals surface area contributed by atoms with Gasteiger partial charge >= 0.3 is 0 Å². The van der Waals surface area contributed by atoms with Crippen molar-refractivity contribution in [1.82, 2.24) is 0 Å². The minimum Gasteiger partial charge on any atom is -0.497 e. The molecule has 0 aromatic heterocycles. The van der Waals surface area contributed by atoms with Gasteiger partial charge in [-0.25, -0.2) is 4.39 Å². The van der Waals surface area contributed by atoms with E-state index in [1.54, 1.807) is 7.11 Å². The smallest absolute Gasteiger partial charge is 0.123 e. The Morgan fingerprint density at radius 1 is 0.800 bits per heavy atom. The zero-order chi connectivity index (χ0) is 14.2. The molecule has 2 rings (SSSR count). The van der Waals surface area contributed by atoms with E-state index in [-0.39, 0.29) is 6.61 Å². The molecule has 0 unspecified atom stereocenters. The minimum atomic E-state index is -0.484. The van der Waals surface area contributed by atoms with Crippen LogP contribution in [0.5, 0.6) is 17.2 Å². The molecule has 0 amide bonds. The van der Waals surface area contributed by atoms with E-state index in [1.807, 2.05) is 48.5 Å². The summed E-state index contributed by atoms with van der Waals surface area (Å²) in [6.45, 7) is 0.0692. The lowest BCUT2D eigenvalue weighted by atomic mass is 10.2. The summed E-state index contributed by atoms with van der Waals surface area (Å²) in [6.07, 6.45) is 0. The molecule has 0 radical (unpaired) electrons. The van der Waals surface area contributed by atoms with E-state index < -0.39 is 6.67 Å². The van der Waals surface area contributed by atoms with Gasteiger partial charge in [-0.05, 0) is 42.0 Å². The fourth-order valence-corrected chi connectivity index (χ4v) is 1.68. The largest absolute Gasteiger partial charge is 0.497 e. The topological polar surface area (TPSA) is 27.7 Å². The van der Waals surface area contributed by atoms with Crippen LogP contribution in [0.15, 0.2) is 48.5 Å². The Bertz CT molecular complexity index is 508. The van der Waals surface area contributed by atoms with Crippen molar-refractivity contribution >= 4 is 0 Å². The Kier molecular flexibility index (Phi) is 5.24. The molecular formula is C16H17FO3. The highest BCUT2D eigenvalue weighted by Gasteiger charge is 1.98. The van der Waals surface area contributed by atoms with Gasteiger partial charge in [0.25, 0.3) is 0 Å². The van der Waals surface area contributed by atoms with E-state index in [0.29, 0.717) is 12.4 Å². The predicted octanol–water partition coefficient (Wildman–Crippen LogP) is 3.62. The molecule has 2 aromatic carbocycles. The first-order valence-corrected chi connectivity index (χ1v) is 6.36. The second-order valence-corrected chi connectivity index (χ2v) is 4.15. The SMILES string of the molecule is COc1ccc(OCc2ccc(OCCF)cc2)cc1. The van der Waals surface area contributed by atoms with E-state index in [1.165, 1.54) is 0 Å². The molecule has 4 heteroatoms. The van der Waals surface area contributed by atoms with E-state index in [9.17, 15) is 4.39 Å². The maximum absolute atomic E-state index is 12.0. The minimum absolute atomic E-state index is 0.0850. The first kappa shape index (κ1) is 14.2. The Morgan fingerprint density at radius 3 is 1.95 bits per heavy atom. The van der Waals surface area contributed by atoms with Crippen LogP contribution in [0, 0.1) is 0 Å². The molecule has 106 valence electrons. The third kappa shape index (κ3) is 4.16. The molecule has 0 saturated carbocycles. The standard InChI is InChI=1S/C16H17FO3/c1-18-14-6-8-16(9-7-14)20-12-13-2-4-15(5-3-13)19-11-10-17/h2-9H,10-12H2,1H3. The summed E-state index contributed by atoms with van der Waals surface area (Å²) in [6, 6.07) is 14.8. The van der Waals surface area contributed by atoms with Crippen LogP contribution in [0.4, 0.5) is 4.39 Å². The lowest BCUT2D eigenvalue weighted by Crippen LogP contribution is -1.99.